The molecule has 2 N–H and O–H groups in total. The van der Waals surface area contributed by atoms with E-state index in [1.165, 1.54) is 0 Å². The molecule has 2 nitrogen and oxygen atoms in total. The normalized spacial score (nSPS) is 12.2. The number of carbonyl (C=O) groups is 1. The summed E-state index contributed by atoms with van der Waals surface area (Å²) in [7, 11) is 0. The predicted octanol–water partition coefficient (Wildman–Crippen LogP) is 3.59. The molecule has 0 saturated carbocycles. The van der Waals surface area contributed by atoms with Gasteiger partial charge in [0.2, 0.25) is 0 Å². The third-order valence-electron chi connectivity index (χ3n) is 2.81. The molecular weight excluding hydrogens is 246 g/mol. The van der Waals surface area contributed by atoms with Crippen molar-refractivity contribution in [1.29, 1.82) is 0 Å². The van der Waals surface area contributed by atoms with Crippen LogP contribution in [0, 0.1) is 0 Å². The van der Waals surface area contributed by atoms with Gasteiger partial charge in [0.25, 0.3) is 0 Å². The first kappa shape index (κ1) is 12.8. The third kappa shape index (κ3) is 2.78. The molecule has 0 aromatic heterocycles. The molecular formula is C15H14ClNO. The van der Waals surface area contributed by atoms with E-state index in [4.69, 9.17) is 17.3 Å². The van der Waals surface area contributed by atoms with Gasteiger partial charge in [-0.2, -0.15) is 0 Å². The Kier molecular flexibility index (Phi) is 3.80. The molecule has 0 heterocycles. The highest BCUT2D eigenvalue weighted by atomic mass is 35.5. The van der Waals surface area contributed by atoms with Crippen molar-refractivity contribution in [3.8, 4) is 0 Å². The Morgan fingerprint density at radius 3 is 1.89 bits per heavy atom. The van der Waals surface area contributed by atoms with E-state index < -0.39 is 0 Å². The first-order valence-corrected chi connectivity index (χ1v) is 6.11. The van der Waals surface area contributed by atoms with Gasteiger partial charge in [-0.1, -0.05) is 35.9 Å². The molecule has 0 aliphatic heterocycles. The number of halogens is 1. The van der Waals surface area contributed by atoms with E-state index in [0.29, 0.717) is 16.1 Å². The Hall–Kier alpha value is -1.64. The molecule has 3 heteroatoms. The van der Waals surface area contributed by atoms with Crippen LogP contribution in [0.25, 0.3) is 0 Å². The topological polar surface area (TPSA) is 43.1 Å². The van der Waals surface area contributed by atoms with Gasteiger partial charge >= 0.3 is 0 Å². The lowest BCUT2D eigenvalue weighted by Gasteiger charge is -2.06. The largest absolute Gasteiger partial charge is 0.324 e. The summed E-state index contributed by atoms with van der Waals surface area (Å²) in [5.74, 6) is -0.0112. The molecule has 0 fully saturated rings. The van der Waals surface area contributed by atoms with Gasteiger partial charge in [-0.25, -0.2) is 0 Å². The van der Waals surface area contributed by atoms with Gasteiger partial charge in [0.05, 0.1) is 0 Å². The highest BCUT2D eigenvalue weighted by Crippen LogP contribution is 2.16. The lowest BCUT2D eigenvalue weighted by atomic mass is 10.0. The Morgan fingerprint density at radius 1 is 1.00 bits per heavy atom. The second-order valence-corrected chi connectivity index (χ2v) is 4.68. The van der Waals surface area contributed by atoms with Crippen molar-refractivity contribution in [3.63, 3.8) is 0 Å². The first-order chi connectivity index (χ1) is 8.58. The first-order valence-electron chi connectivity index (χ1n) is 5.74. The van der Waals surface area contributed by atoms with Gasteiger partial charge in [0, 0.05) is 22.2 Å². The van der Waals surface area contributed by atoms with Gasteiger partial charge in [-0.05, 0) is 36.8 Å². The van der Waals surface area contributed by atoms with Crippen molar-refractivity contribution in [2.24, 2.45) is 5.73 Å². The summed E-state index contributed by atoms with van der Waals surface area (Å²) >= 11 is 5.79. The highest BCUT2D eigenvalue weighted by Gasteiger charge is 2.09. The number of benzene rings is 2. The molecule has 1 atom stereocenters. The van der Waals surface area contributed by atoms with Crippen molar-refractivity contribution in [3.05, 3.63) is 70.2 Å². The SMILES string of the molecule is CC(N)c1ccc(C(=O)c2ccc(Cl)cc2)cc1. The van der Waals surface area contributed by atoms with E-state index in [9.17, 15) is 4.79 Å². The zero-order valence-corrected chi connectivity index (χ0v) is 10.8. The van der Waals surface area contributed by atoms with E-state index in [-0.39, 0.29) is 11.8 Å². The van der Waals surface area contributed by atoms with Gasteiger partial charge in [-0.15, -0.1) is 0 Å². The van der Waals surface area contributed by atoms with Crippen LogP contribution in [0.1, 0.15) is 34.5 Å². The summed E-state index contributed by atoms with van der Waals surface area (Å²) in [5, 5.41) is 0.624. The Labute approximate surface area is 111 Å². The number of hydrogen-bond acceptors (Lipinski definition) is 2. The molecule has 0 aliphatic rings. The molecule has 0 saturated heterocycles. The minimum Gasteiger partial charge on any atom is -0.324 e. The molecule has 0 radical (unpaired) electrons. The molecule has 2 aromatic rings. The molecule has 92 valence electrons. The molecule has 0 spiro atoms. The number of rotatable bonds is 3. The van der Waals surface area contributed by atoms with Crippen LogP contribution in [0.15, 0.2) is 48.5 Å². The molecule has 0 aliphatic carbocycles. The van der Waals surface area contributed by atoms with Crippen molar-refractivity contribution in [2.75, 3.05) is 0 Å². The van der Waals surface area contributed by atoms with Gasteiger partial charge in [-0.3, -0.25) is 4.79 Å². The van der Waals surface area contributed by atoms with Crippen LogP contribution in [0.4, 0.5) is 0 Å². The minimum absolute atomic E-state index is 0.0112. The molecule has 1 unspecified atom stereocenters. The summed E-state index contributed by atoms with van der Waals surface area (Å²) < 4.78 is 0. The summed E-state index contributed by atoms with van der Waals surface area (Å²) in [4.78, 5) is 12.2. The van der Waals surface area contributed by atoms with E-state index in [0.717, 1.165) is 5.56 Å². The fraction of sp³-hybridized carbons (Fsp3) is 0.133. The van der Waals surface area contributed by atoms with Crippen molar-refractivity contribution in [2.45, 2.75) is 13.0 Å². The molecule has 0 bridgehead atoms. The lowest BCUT2D eigenvalue weighted by molar-refractivity contribution is 0.103. The minimum atomic E-state index is -0.0234. The Morgan fingerprint density at radius 2 is 1.44 bits per heavy atom. The monoisotopic (exact) mass is 259 g/mol. The molecule has 0 amide bonds. The fourth-order valence-corrected chi connectivity index (χ4v) is 1.83. The average Bonchev–Trinajstić information content (AvgIpc) is 2.39. The lowest BCUT2D eigenvalue weighted by Crippen LogP contribution is -2.06. The summed E-state index contributed by atoms with van der Waals surface area (Å²) in [6.45, 7) is 1.91. The van der Waals surface area contributed by atoms with Crippen molar-refractivity contribution in [1.82, 2.24) is 0 Å². The van der Waals surface area contributed by atoms with Crippen LogP contribution in [-0.2, 0) is 0 Å². The smallest absolute Gasteiger partial charge is 0.193 e. The maximum Gasteiger partial charge on any atom is 0.193 e. The second kappa shape index (κ2) is 5.34. The van der Waals surface area contributed by atoms with E-state index in [2.05, 4.69) is 0 Å². The Bertz CT molecular complexity index is 544. The predicted molar refractivity (Wildman–Crippen MR) is 73.9 cm³/mol. The number of hydrogen-bond donors (Lipinski definition) is 1. The van der Waals surface area contributed by atoms with Crippen LogP contribution in [-0.4, -0.2) is 5.78 Å². The second-order valence-electron chi connectivity index (χ2n) is 4.25. The quantitative estimate of drug-likeness (QED) is 0.856. The summed E-state index contributed by atoms with van der Waals surface area (Å²) in [6.07, 6.45) is 0. The summed E-state index contributed by atoms with van der Waals surface area (Å²) in [5.41, 5.74) is 8.07. The van der Waals surface area contributed by atoms with Gasteiger partial charge < -0.3 is 5.73 Å². The van der Waals surface area contributed by atoms with Crippen LogP contribution in [0.3, 0.4) is 0 Å². The average molecular weight is 260 g/mol. The highest BCUT2D eigenvalue weighted by molar-refractivity contribution is 6.30. The zero-order chi connectivity index (χ0) is 13.1. The van der Waals surface area contributed by atoms with Crippen LogP contribution in [0.2, 0.25) is 5.02 Å². The maximum absolute atomic E-state index is 12.2. The van der Waals surface area contributed by atoms with Crippen LogP contribution >= 0.6 is 11.6 Å². The molecule has 2 rings (SSSR count). The number of ketones is 1. The van der Waals surface area contributed by atoms with Gasteiger partial charge in [0.15, 0.2) is 5.78 Å². The zero-order valence-electron chi connectivity index (χ0n) is 10.1. The molecule has 2 aromatic carbocycles. The van der Waals surface area contributed by atoms with E-state index in [1.807, 2.05) is 19.1 Å². The summed E-state index contributed by atoms with van der Waals surface area (Å²) in [6, 6.07) is 14.2. The number of carbonyl (C=O) groups excluding carboxylic acids is 1. The van der Waals surface area contributed by atoms with Crippen LogP contribution in [0.5, 0.6) is 0 Å². The van der Waals surface area contributed by atoms with Crippen molar-refractivity contribution < 1.29 is 4.79 Å². The molecule has 18 heavy (non-hydrogen) atoms. The van der Waals surface area contributed by atoms with E-state index >= 15 is 0 Å². The number of nitrogens with two attached hydrogens (primary N) is 1. The standard InChI is InChI=1S/C15H14ClNO/c1-10(17)11-2-4-12(5-3-11)15(18)13-6-8-14(16)9-7-13/h2-10H,17H2,1H3. The fourth-order valence-electron chi connectivity index (χ4n) is 1.71. The van der Waals surface area contributed by atoms with Crippen molar-refractivity contribution >= 4 is 17.4 Å². The van der Waals surface area contributed by atoms with Gasteiger partial charge in [0.1, 0.15) is 0 Å². The Balaban J connectivity index is 2.26. The van der Waals surface area contributed by atoms with Crippen LogP contribution < -0.4 is 5.73 Å². The third-order valence-corrected chi connectivity index (χ3v) is 3.06. The maximum atomic E-state index is 12.2. The van der Waals surface area contributed by atoms with E-state index in [1.54, 1.807) is 36.4 Å².